The van der Waals surface area contributed by atoms with Gasteiger partial charge in [0.25, 0.3) is 0 Å². The molecule has 0 aliphatic rings. The van der Waals surface area contributed by atoms with E-state index in [1.807, 2.05) is 19.9 Å². The largest absolute Gasteiger partial charge is 0.465 e. The first-order chi connectivity index (χ1) is 10.6. The summed E-state index contributed by atoms with van der Waals surface area (Å²) in [5, 5.41) is 2.51. The number of hydrogen-bond acceptors (Lipinski definition) is 5. The summed E-state index contributed by atoms with van der Waals surface area (Å²) >= 11 is 4.42. The van der Waals surface area contributed by atoms with E-state index in [-0.39, 0.29) is 0 Å². The Morgan fingerprint density at radius 2 is 1.82 bits per heavy atom. The van der Waals surface area contributed by atoms with Crippen LogP contribution < -0.4 is 10.1 Å². The van der Waals surface area contributed by atoms with Crippen molar-refractivity contribution in [2.45, 2.75) is 13.8 Å². The molecule has 0 unspecified atom stereocenters. The number of para-hydroxylation sites is 1. The van der Waals surface area contributed by atoms with Gasteiger partial charge in [-0.05, 0) is 34.1 Å². The normalized spacial score (nSPS) is 9.27. The number of halogens is 1. The van der Waals surface area contributed by atoms with E-state index in [2.05, 4.69) is 26.0 Å². The van der Waals surface area contributed by atoms with Crippen LogP contribution in [-0.4, -0.2) is 19.2 Å². The van der Waals surface area contributed by atoms with Crippen molar-refractivity contribution in [3.8, 4) is 5.75 Å². The van der Waals surface area contributed by atoms with Gasteiger partial charge >= 0.3 is 12.1 Å². The lowest BCUT2D eigenvalue weighted by atomic mass is 10.3. The predicted octanol–water partition coefficient (Wildman–Crippen LogP) is 4.93. The van der Waals surface area contributed by atoms with Gasteiger partial charge in [-0.1, -0.05) is 32.0 Å². The van der Waals surface area contributed by atoms with E-state index in [4.69, 9.17) is 4.74 Å². The van der Waals surface area contributed by atoms with Crippen LogP contribution in [0.2, 0.25) is 0 Å². The fourth-order valence-electron chi connectivity index (χ4n) is 1.43. The Hall–Kier alpha value is -1.86. The van der Waals surface area contributed by atoms with Gasteiger partial charge in [0.05, 0.1) is 16.6 Å². The number of carbonyl (C=O) groups excluding carboxylic acids is 2. The Labute approximate surface area is 141 Å². The van der Waals surface area contributed by atoms with Gasteiger partial charge in [-0.15, -0.1) is 11.3 Å². The fourth-order valence-corrected chi connectivity index (χ4v) is 2.90. The minimum atomic E-state index is -0.674. The molecular weight excluding hydrogens is 370 g/mol. The average Bonchev–Trinajstić information content (AvgIpc) is 2.89. The molecule has 5 nitrogen and oxygen atoms in total. The zero-order valence-electron chi connectivity index (χ0n) is 12.4. The van der Waals surface area contributed by atoms with E-state index in [1.165, 1.54) is 18.4 Å². The van der Waals surface area contributed by atoms with Gasteiger partial charge in [0.15, 0.2) is 0 Å². The summed E-state index contributed by atoms with van der Waals surface area (Å²) in [5.74, 6) is -0.102. The number of benzene rings is 1. The van der Waals surface area contributed by atoms with E-state index < -0.39 is 12.1 Å². The maximum absolute atomic E-state index is 11.8. The van der Waals surface area contributed by atoms with Crippen LogP contribution >= 0.6 is 27.3 Å². The minimum absolute atomic E-state index is 0.296. The lowest BCUT2D eigenvalue weighted by molar-refractivity contribution is 0.0607. The highest BCUT2D eigenvalue weighted by Gasteiger charge is 2.18. The van der Waals surface area contributed by atoms with Crippen molar-refractivity contribution >= 4 is 45.0 Å². The molecule has 1 aromatic heterocycles. The summed E-state index contributed by atoms with van der Waals surface area (Å²) in [4.78, 5) is 23.6. The van der Waals surface area contributed by atoms with Crippen LogP contribution in [0.5, 0.6) is 5.75 Å². The Morgan fingerprint density at radius 3 is 2.41 bits per heavy atom. The molecule has 22 heavy (non-hydrogen) atoms. The van der Waals surface area contributed by atoms with Gasteiger partial charge in [-0.3, -0.25) is 5.32 Å². The van der Waals surface area contributed by atoms with Crippen LogP contribution in [0.25, 0.3) is 0 Å². The Bertz CT molecular complexity index is 628. The molecule has 0 aliphatic heterocycles. The average molecular weight is 386 g/mol. The number of ether oxygens (including phenoxy) is 2. The summed E-state index contributed by atoms with van der Waals surface area (Å²) in [6, 6.07) is 10.3. The lowest BCUT2D eigenvalue weighted by Crippen LogP contribution is -2.18. The molecule has 0 aliphatic carbocycles. The van der Waals surface area contributed by atoms with Gasteiger partial charge in [-0.2, -0.15) is 0 Å². The molecule has 1 heterocycles. The van der Waals surface area contributed by atoms with Crippen molar-refractivity contribution in [3.05, 3.63) is 45.1 Å². The lowest BCUT2D eigenvalue weighted by Gasteiger charge is -2.06. The number of hydrogen-bond donors (Lipinski definition) is 1. The highest BCUT2D eigenvalue weighted by Crippen LogP contribution is 2.32. The van der Waals surface area contributed by atoms with E-state index >= 15 is 0 Å². The van der Waals surface area contributed by atoms with Crippen molar-refractivity contribution in [1.82, 2.24) is 0 Å². The van der Waals surface area contributed by atoms with Gasteiger partial charge in [0, 0.05) is 0 Å². The highest BCUT2D eigenvalue weighted by molar-refractivity contribution is 9.11. The zero-order chi connectivity index (χ0) is 16.5. The third-order valence-corrected chi connectivity index (χ3v) is 3.88. The van der Waals surface area contributed by atoms with Gasteiger partial charge < -0.3 is 9.47 Å². The van der Waals surface area contributed by atoms with Crippen LogP contribution in [0.15, 0.2) is 40.2 Å². The second-order valence-corrected chi connectivity index (χ2v) is 6.04. The standard InChI is InChI=1S/C13H10BrNO4S.C2H6/c1-18-12(16)11-9(7-10(14)20-11)15-13(17)19-8-5-3-2-4-6-8;1-2/h2-7H,1H3,(H,15,17);1-2H3. The van der Waals surface area contributed by atoms with Crippen LogP contribution in [0.3, 0.4) is 0 Å². The maximum Gasteiger partial charge on any atom is 0.417 e. The van der Waals surface area contributed by atoms with Crippen LogP contribution in [0.4, 0.5) is 10.5 Å². The second kappa shape index (κ2) is 9.22. The molecular formula is C15H16BrNO4S. The van der Waals surface area contributed by atoms with E-state index in [1.54, 1.807) is 30.3 Å². The van der Waals surface area contributed by atoms with Gasteiger partial charge in [0.1, 0.15) is 10.6 Å². The molecule has 0 fully saturated rings. The molecule has 1 N–H and O–H groups in total. The number of nitrogens with one attached hydrogen (secondary N) is 1. The zero-order valence-corrected chi connectivity index (χ0v) is 14.8. The van der Waals surface area contributed by atoms with E-state index in [0.29, 0.717) is 20.1 Å². The number of rotatable bonds is 3. The number of thiophene rings is 1. The summed E-state index contributed by atoms with van der Waals surface area (Å²) in [6.45, 7) is 4.00. The number of anilines is 1. The Kier molecular flexibility index (Phi) is 7.62. The van der Waals surface area contributed by atoms with Crippen LogP contribution in [0.1, 0.15) is 23.5 Å². The van der Waals surface area contributed by atoms with Gasteiger partial charge in [-0.25, -0.2) is 9.59 Å². The molecule has 1 aromatic carbocycles. The quantitative estimate of drug-likeness (QED) is 0.760. The molecule has 118 valence electrons. The Morgan fingerprint density at radius 1 is 1.18 bits per heavy atom. The number of carbonyl (C=O) groups is 2. The molecule has 0 saturated carbocycles. The number of esters is 1. The predicted molar refractivity (Wildman–Crippen MR) is 90.8 cm³/mol. The summed E-state index contributed by atoms with van der Waals surface area (Å²) in [5.41, 5.74) is 0.342. The molecule has 2 aromatic rings. The number of amides is 1. The van der Waals surface area contributed by atoms with Crippen molar-refractivity contribution in [2.75, 3.05) is 12.4 Å². The van der Waals surface area contributed by atoms with E-state index in [0.717, 1.165) is 0 Å². The topological polar surface area (TPSA) is 64.6 Å². The molecule has 0 bridgehead atoms. The summed E-state index contributed by atoms with van der Waals surface area (Å²) in [6.07, 6.45) is -0.674. The molecule has 0 atom stereocenters. The molecule has 0 spiro atoms. The molecule has 2 rings (SSSR count). The summed E-state index contributed by atoms with van der Waals surface area (Å²) in [7, 11) is 1.28. The van der Waals surface area contributed by atoms with Gasteiger partial charge in [0.2, 0.25) is 0 Å². The Balaban J connectivity index is 0.00000116. The molecule has 0 saturated heterocycles. The van der Waals surface area contributed by atoms with Crippen LogP contribution in [0, 0.1) is 0 Å². The fraction of sp³-hybridized carbons (Fsp3) is 0.200. The number of methoxy groups -OCH3 is 1. The monoisotopic (exact) mass is 385 g/mol. The third kappa shape index (κ3) is 5.16. The molecule has 7 heteroatoms. The van der Waals surface area contributed by atoms with Crippen molar-refractivity contribution in [2.24, 2.45) is 0 Å². The van der Waals surface area contributed by atoms with Crippen molar-refractivity contribution in [1.29, 1.82) is 0 Å². The molecule has 0 radical (unpaired) electrons. The van der Waals surface area contributed by atoms with Crippen molar-refractivity contribution < 1.29 is 19.1 Å². The summed E-state index contributed by atoms with van der Waals surface area (Å²) < 4.78 is 10.4. The molecule has 1 amide bonds. The first kappa shape index (κ1) is 18.2. The minimum Gasteiger partial charge on any atom is -0.465 e. The smallest absolute Gasteiger partial charge is 0.417 e. The second-order valence-electron chi connectivity index (χ2n) is 3.61. The highest BCUT2D eigenvalue weighted by atomic mass is 79.9. The first-order valence-corrected chi connectivity index (χ1v) is 8.12. The van der Waals surface area contributed by atoms with Crippen molar-refractivity contribution in [3.63, 3.8) is 0 Å². The maximum atomic E-state index is 11.8. The van der Waals surface area contributed by atoms with E-state index in [9.17, 15) is 9.59 Å². The third-order valence-electron chi connectivity index (χ3n) is 2.26. The van der Waals surface area contributed by atoms with Crippen LogP contribution in [-0.2, 0) is 4.74 Å². The SMILES string of the molecule is CC.COC(=O)c1sc(Br)cc1NC(=O)Oc1ccccc1. The first-order valence-electron chi connectivity index (χ1n) is 6.51.